The molecule has 1 aromatic heterocycles. The number of benzene rings is 2. The predicted octanol–water partition coefficient (Wildman–Crippen LogP) is 3.42. The summed E-state index contributed by atoms with van der Waals surface area (Å²) in [6.07, 6.45) is 0. The highest BCUT2D eigenvalue weighted by Crippen LogP contribution is 2.23. The van der Waals surface area contributed by atoms with Crippen molar-refractivity contribution in [2.45, 2.75) is 25.0 Å². The van der Waals surface area contributed by atoms with Crippen LogP contribution < -0.4 is 0 Å². The molecule has 3 aromatic rings. The summed E-state index contributed by atoms with van der Waals surface area (Å²) in [4.78, 5) is 14.2. The van der Waals surface area contributed by atoms with Crippen LogP contribution in [0.2, 0.25) is 0 Å². The van der Waals surface area contributed by atoms with Crippen LogP contribution in [0, 0.1) is 12.7 Å². The summed E-state index contributed by atoms with van der Waals surface area (Å²) in [6, 6.07) is 13.8. The Kier molecular flexibility index (Phi) is 5.85. The van der Waals surface area contributed by atoms with Crippen LogP contribution in [0.25, 0.3) is 5.69 Å². The van der Waals surface area contributed by atoms with Gasteiger partial charge >= 0.3 is 0 Å². The first-order chi connectivity index (χ1) is 13.0. The Morgan fingerprint density at radius 3 is 2.70 bits per heavy atom. The zero-order chi connectivity index (χ0) is 19.4. The van der Waals surface area contributed by atoms with E-state index in [1.54, 1.807) is 28.8 Å². The van der Waals surface area contributed by atoms with Crippen molar-refractivity contribution in [2.75, 3.05) is 12.8 Å². The van der Waals surface area contributed by atoms with E-state index < -0.39 is 0 Å². The molecule has 0 aliphatic carbocycles. The van der Waals surface area contributed by atoms with E-state index in [-0.39, 0.29) is 23.5 Å². The number of rotatable bonds is 6. The molecule has 0 spiro atoms. The van der Waals surface area contributed by atoms with Crippen molar-refractivity contribution in [3.8, 4) is 5.69 Å². The van der Waals surface area contributed by atoms with Crippen molar-refractivity contribution in [3.63, 3.8) is 0 Å². The second-order valence-electron chi connectivity index (χ2n) is 6.23. The molecule has 0 radical (unpaired) electrons. The van der Waals surface area contributed by atoms with E-state index in [0.717, 1.165) is 16.8 Å². The topological polar surface area (TPSA) is 63.9 Å². The molecule has 1 unspecified atom stereocenters. The number of carbonyl (C=O) groups excluding carboxylic acids is 1. The first-order valence-electron chi connectivity index (χ1n) is 8.45. The van der Waals surface area contributed by atoms with Gasteiger partial charge in [0.15, 0.2) is 0 Å². The molecule has 6 nitrogen and oxygen atoms in total. The lowest BCUT2D eigenvalue weighted by Gasteiger charge is -2.25. The smallest absolute Gasteiger partial charge is 0.233 e. The van der Waals surface area contributed by atoms with Crippen LogP contribution in [0.3, 0.4) is 0 Å². The van der Waals surface area contributed by atoms with E-state index >= 15 is 0 Å². The third kappa shape index (κ3) is 4.51. The maximum absolute atomic E-state index is 13.1. The number of aromatic nitrogens is 4. The minimum absolute atomic E-state index is 0.0596. The maximum Gasteiger partial charge on any atom is 0.233 e. The van der Waals surface area contributed by atoms with Crippen LogP contribution in [-0.4, -0.2) is 43.8 Å². The summed E-state index contributed by atoms with van der Waals surface area (Å²) in [7, 11) is 1.74. The van der Waals surface area contributed by atoms with Gasteiger partial charge in [-0.3, -0.25) is 4.79 Å². The molecule has 140 valence electrons. The molecule has 0 aliphatic rings. The van der Waals surface area contributed by atoms with Crippen LogP contribution in [-0.2, 0) is 4.79 Å². The van der Waals surface area contributed by atoms with Crippen molar-refractivity contribution in [2.24, 2.45) is 0 Å². The number of nitrogens with zero attached hydrogens (tertiary/aromatic N) is 5. The summed E-state index contributed by atoms with van der Waals surface area (Å²) in [5.41, 5.74) is 2.83. The summed E-state index contributed by atoms with van der Waals surface area (Å²) in [5, 5.41) is 12.3. The molecule has 0 bridgehead atoms. The lowest BCUT2D eigenvalue weighted by atomic mass is 10.1. The third-order valence-electron chi connectivity index (χ3n) is 4.34. The van der Waals surface area contributed by atoms with Gasteiger partial charge in [-0.1, -0.05) is 36.0 Å². The van der Waals surface area contributed by atoms with Crippen molar-refractivity contribution in [3.05, 3.63) is 65.5 Å². The van der Waals surface area contributed by atoms with Gasteiger partial charge in [0.2, 0.25) is 11.1 Å². The number of thioether (sulfide) groups is 1. The minimum Gasteiger partial charge on any atom is -0.338 e. The quantitative estimate of drug-likeness (QED) is 0.609. The Balaban J connectivity index is 1.66. The molecule has 1 heterocycles. The van der Waals surface area contributed by atoms with Gasteiger partial charge in [-0.05, 0) is 59.7 Å². The maximum atomic E-state index is 13.1. The van der Waals surface area contributed by atoms with Gasteiger partial charge in [0.1, 0.15) is 5.82 Å². The van der Waals surface area contributed by atoms with Crippen molar-refractivity contribution in [1.82, 2.24) is 25.1 Å². The first kappa shape index (κ1) is 19.0. The van der Waals surface area contributed by atoms with E-state index in [4.69, 9.17) is 0 Å². The Hall–Kier alpha value is -2.74. The molecule has 0 saturated carbocycles. The van der Waals surface area contributed by atoms with Crippen LogP contribution in [0.5, 0.6) is 0 Å². The average Bonchev–Trinajstić information content (AvgIpc) is 3.14. The fourth-order valence-electron chi connectivity index (χ4n) is 2.60. The molecule has 0 aliphatic heterocycles. The fraction of sp³-hybridized carbons (Fsp3) is 0.263. The highest BCUT2D eigenvalue weighted by atomic mass is 32.2. The molecule has 1 amide bonds. The number of amides is 1. The van der Waals surface area contributed by atoms with E-state index in [9.17, 15) is 9.18 Å². The van der Waals surface area contributed by atoms with Crippen molar-refractivity contribution in [1.29, 1.82) is 0 Å². The molecule has 0 N–H and O–H groups in total. The predicted molar refractivity (Wildman–Crippen MR) is 102 cm³/mol. The summed E-state index contributed by atoms with van der Waals surface area (Å²) >= 11 is 1.28. The molecule has 0 fully saturated rings. The van der Waals surface area contributed by atoms with E-state index in [1.165, 1.54) is 23.9 Å². The zero-order valence-corrected chi connectivity index (χ0v) is 16.2. The number of hydrogen-bond donors (Lipinski definition) is 0. The molecule has 3 rings (SSSR count). The highest BCUT2D eigenvalue weighted by molar-refractivity contribution is 7.99. The summed E-state index contributed by atoms with van der Waals surface area (Å²) < 4.78 is 14.7. The first-order valence-corrected chi connectivity index (χ1v) is 9.43. The van der Waals surface area contributed by atoms with Crippen LogP contribution in [0.15, 0.2) is 53.7 Å². The minimum atomic E-state index is -0.293. The molecule has 1 atom stereocenters. The van der Waals surface area contributed by atoms with Crippen LogP contribution in [0.4, 0.5) is 4.39 Å². The van der Waals surface area contributed by atoms with Crippen molar-refractivity contribution < 1.29 is 9.18 Å². The van der Waals surface area contributed by atoms with E-state index in [1.807, 2.05) is 38.1 Å². The number of tetrazole rings is 1. The molecular formula is C19H20FN5OS. The Bertz CT molecular complexity index is 928. The van der Waals surface area contributed by atoms with Gasteiger partial charge in [0, 0.05) is 7.05 Å². The lowest BCUT2D eigenvalue weighted by Crippen LogP contribution is -2.31. The van der Waals surface area contributed by atoms with Crippen molar-refractivity contribution >= 4 is 17.7 Å². The lowest BCUT2D eigenvalue weighted by molar-refractivity contribution is -0.128. The van der Waals surface area contributed by atoms with E-state index in [0.29, 0.717) is 5.16 Å². The normalized spacial score (nSPS) is 12.0. The number of aryl methyl sites for hydroxylation is 1. The van der Waals surface area contributed by atoms with Gasteiger partial charge in [-0.15, -0.1) is 5.10 Å². The number of halogens is 1. The average molecular weight is 385 g/mol. The highest BCUT2D eigenvalue weighted by Gasteiger charge is 2.19. The Labute approximate surface area is 161 Å². The van der Waals surface area contributed by atoms with Gasteiger partial charge in [0.25, 0.3) is 0 Å². The largest absolute Gasteiger partial charge is 0.338 e. The van der Waals surface area contributed by atoms with Gasteiger partial charge in [0.05, 0.1) is 17.5 Å². The van der Waals surface area contributed by atoms with Gasteiger partial charge in [-0.2, -0.15) is 4.68 Å². The zero-order valence-electron chi connectivity index (χ0n) is 15.3. The van der Waals surface area contributed by atoms with Crippen LogP contribution in [0.1, 0.15) is 24.1 Å². The molecule has 8 heteroatoms. The van der Waals surface area contributed by atoms with E-state index in [2.05, 4.69) is 15.5 Å². The van der Waals surface area contributed by atoms with Crippen LogP contribution >= 0.6 is 11.8 Å². The molecule has 0 saturated heterocycles. The number of hydrogen-bond acceptors (Lipinski definition) is 5. The second kappa shape index (κ2) is 8.30. The second-order valence-corrected chi connectivity index (χ2v) is 7.18. The monoisotopic (exact) mass is 385 g/mol. The molecular weight excluding hydrogens is 365 g/mol. The SMILES string of the molecule is Cc1cccc(-n2nnnc2SCC(=O)N(C)C(C)c2ccc(F)cc2)c1. The Morgan fingerprint density at radius 1 is 1.26 bits per heavy atom. The molecule has 27 heavy (non-hydrogen) atoms. The van der Waals surface area contributed by atoms with Gasteiger partial charge < -0.3 is 4.90 Å². The standard InChI is InChI=1S/C19H20FN5OS/c1-13-5-4-6-17(11-13)25-19(21-22-23-25)27-12-18(26)24(3)14(2)15-7-9-16(20)10-8-15/h4-11,14H,12H2,1-3H3. The summed E-state index contributed by atoms with van der Waals surface area (Å²) in [6.45, 7) is 3.91. The number of carbonyl (C=O) groups is 1. The van der Waals surface area contributed by atoms with Gasteiger partial charge in [-0.25, -0.2) is 4.39 Å². The third-order valence-corrected chi connectivity index (χ3v) is 5.24. The Morgan fingerprint density at radius 2 is 2.00 bits per heavy atom. The fourth-order valence-corrected chi connectivity index (χ4v) is 3.41. The summed E-state index contributed by atoms with van der Waals surface area (Å²) in [5.74, 6) is -0.150. The molecule has 2 aromatic carbocycles.